The van der Waals surface area contributed by atoms with E-state index in [9.17, 15) is 9.59 Å². The summed E-state index contributed by atoms with van der Waals surface area (Å²) in [6.45, 7) is -0.168. The summed E-state index contributed by atoms with van der Waals surface area (Å²) in [6, 6.07) is 14.4. The Morgan fingerprint density at radius 3 is 2.56 bits per heavy atom. The SMILES string of the molecule is COC(=O)CN1C(=S)N(c2ccc(Cl)cc2)C(=O)C1=CC1=CC=C(c2cccc(Cl)c2)C1. The van der Waals surface area contributed by atoms with Gasteiger partial charge in [-0.2, -0.15) is 0 Å². The highest BCUT2D eigenvalue weighted by Crippen LogP contribution is 2.34. The Labute approximate surface area is 201 Å². The predicted octanol–water partition coefficient (Wildman–Crippen LogP) is 5.40. The molecule has 0 aromatic heterocycles. The summed E-state index contributed by atoms with van der Waals surface area (Å²) in [5, 5.41) is 1.41. The number of anilines is 1. The van der Waals surface area contributed by atoms with E-state index in [1.165, 1.54) is 16.9 Å². The zero-order valence-corrected chi connectivity index (χ0v) is 19.4. The van der Waals surface area contributed by atoms with Gasteiger partial charge in [-0.1, -0.05) is 47.5 Å². The van der Waals surface area contributed by atoms with E-state index in [-0.39, 0.29) is 17.6 Å². The number of carbonyl (C=O) groups excluding carboxylic acids is 2. The smallest absolute Gasteiger partial charge is 0.325 e. The highest BCUT2D eigenvalue weighted by molar-refractivity contribution is 7.80. The summed E-state index contributed by atoms with van der Waals surface area (Å²) in [5.41, 5.74) is 3.90. The van der Waals surface area contributed by atoms with Gasteiger partial charge in [0.05, 0.1) is 12.8 Å². The van der Waals surface area contributed by atoms with Crippen molar-refractivity contribution in [3.63, 3.8) is 0 Å². The lowest BCUT2D eigenvalue weighted by Crippen LogP contribution is -2.35. The second-order valence-corrected chi connectivity index (χ2v) is 8.45. The highest BCUT2D eigenvalue weighted by atomic mass is 35.5. The number of allylic oxidation sites excluding steroid dienone is 5. The maximum absolute atomic E-state index is 13.3. The lowest BCUT2D eigenvalue weighted by molar-refractivity contribution is -0.140. The fourth-order valence-corrected chi connectivity index (χ4v) is 4.22. The topological polar surface area (TPSA) is 49.9 Å². The third kappa shape index (κ3) is 4.48. The molecule has 0 bridgehead atoms. The van der Waals surface area contributed by atoms with Gasteiger partial charge in [-0.3, -0.25) is 14.5 Å². The first-order valence-electron chi connectivity index (χ1n) is 9.73. The Kier molecular flexibility index (Phi) is 6.46. The quantitative estimate of drug-likeness (QED) is 0.323. The molecule has 0 saturated carbocycles. The third-order valence-electron chi connectivity index (χ3n) is 5.15. The van der Waals surface area contributed by atoms with Crippen LogP contribution in [0.5, 0.6) is 0 Å². The van der Waals surface area contributed by atoms with E-state index < -0.39 is 5.97 Å². The van der Waals surface area contributed by atoms with Crippen LogP contribution in [-0.4, -0.2) is 35.5 Å². The minimum atomic E-state index is -0.498. The number of benzene rings is 2. The van der Waals surface area contributed by atoms with Gasteiger partial charge in [0.25, 0.3) is 5.91 Å². The van der Waals surface area contributed by atoms with Crippen molar-refractivity contribution in [2.45, 2.75) is 6.42 Å². The van der Waals surface area contributed by atoms with E-state index in [0.29, 0.717) is 27.9 Å². The van der Waals surface area contributed by atoms with Crippen molar-refractivity contribution in [1.82, 2.24) is 4.90 Å². The molecule has 0 radical (unpaired) electrons. The molecule has 1 heterocycles. The third-order valence-corrected chi connectivity index (χ3v) is 6.04. The van der Waals surface area contributed by atoms with Crippen molar-refractivity contribution in [3.05, 3.63) is 93.6 Å². The average Bonchev–Trinajstić information content (AvgIpc) is 3.33. The van der Waals surface area contributed by atoms with E-state index >= 15 is 0 Å². The average molecular weight is 485 g/mol. The van der Waals surface area contributed by atoms with Gasteiger partial charge in [0, 0.05) is 10.0 Å². The monoisotopic (exact) mass is 484 g/mol. The molecule has 4 rings (SSSR count). The Bertz CT molecular complexity index is 1200. The Balaban J connectivity index is 1.63. The molecule has 0 spiro atoms. The maximum Gasteiger partial charge on any atom is 0.325 e. The van der Waals surface area contributed by atoms with Crippen molar-refractivity contribution in [3.8, 4) is 0 Å². The summed E-state index contributed by atoms with van der Waals surface area (Å²) in [5.74, 6) is -0.819. The van der Waals surface area contributed by atoms with Crippen LogP contribution in [0.15, 0.2) is 78.0 Å². The van der Waals surface area contributed by atoms with Crippen LogP contribution < -0.4 is 4.90 Å². The largest absolute Gasteiger partial charge is 0.468 e. The first-order valence-corrected chi connectivity index (χ1v) is 10.9. The molecule has 2 aromatic carbocycles. The van der Waals surface area contributed by atoms with Gasteiger partial charge in [0.1, 0.15) is 12.2 Å². The van der Waals surface area contributed by atoms with E-state index in [1.807, 2.05) is 36.4 Å². The molecule has 0 atom stereocenters. The molecule has 1 aliphatic carbocycles. The highest BCUT2D eigenvalue weighted by Gasteiger charge is 2.40. The van der Waals surface area contributed by atoms with Gasteiger partial charge in [-0.25, -0.2) is 0 Å². The van der Waals surface area contributed by atoms with E-state index in [1.54, 1.807) is 30.3 Å². The van der Waals surface area contributed by atoms with E-state index in [0.717, 1.165) is 16.7 Å². The van der Waals surface area contributed by atoms with E-state index in [4.69, 9.17) is 40.2 Å². The van der Waals surface area contributed by atoms with Crippen LogP contribution in [0.2, 0.25) is 10.0 Å². The molecule has 1 amide bonds. The number of hydrogen-bond donors (Lipinski definition) is 0. The lowest BCUT2D eigenvalue weighted by atomic mass is 10.0. The fourth-order valence-electron chi connectivity index (χ4n) is 3.55. The second-order valence-electron chi connectivity index (χ2n) is 7.21. The number of thiocarbonyl (C=S) groups is 1. The minimum Gasteiger partial charge on any atom is -0.468 e. The first kappa shape index (κ1) is 22.3. The van der Waals surface area contributed by atoms with E-state index in [2.05, 4.69) is 0 Å². The Morgan fingerprint density at radius 2 is 1.88 bits per heavy atom. The van der Waals surface area contributed by atoms with Crippen molar-refractivity contribution < 1.29 is 14.3 Å². The summed E-state index contributed by atoms with van der Waals surface area (Å²) in [7, 11) is 1.30. The zero-order valence-electron chi connectivity index (χ0n) is 17.0. The molecule has 1 saturated heterocycles. The Morgan fingerprint density at radius 1 is 1.12 bits per heavy atom. The van der Waals surface area contributed by atoms with Crippen molar-refractivity contribution >= 4 is 63.7 Å². The van der Waals surface area contributed by atoms with Crippen LogP contribution in [-0.2, 0) is 14.3 Å². The number of hydrogen-bond acceptors (Lipinski definition) is 4. The van der Waals surface area contributed by atoms with Gasteiger partial charge in [-0.05, 0) is 77.8 Å². The fraction of sp³-hybridized carbons (Fsp3) is 0.125. The standard InChI is InChI=1S/C24H18Cl2N2O3S/c1-31-22(29)14-27-21(23(30)28(24(27)32)20-9-7-18(25)8-10-20)12-15-5-6-17(11-15)16-3-2-4-19(26)13-16/h2-10,12-13H,11,14H2,1H3. The van der Waals surface area contributed by atoms with Crippen molar-refractivity contribution in [2.75, 3.05) is 18.6 Å². The molecule has 2 aliphatic rings. The van der Waals surface area contributed by atoms with Gasteiger partial charge in [0.15, 0.2) is 5.11 Å². The summed E-state index contributed by atoms with van der Waals surface area (Å²) >= 11 is 17.7. The number of amides is 1. The lowest BCUT2D eigenvalue weighted by Gasteiger charge is -2.19. The molecule has 32 heavy (non-hydrogen) atoms. The van der Waals surface area contributed by atoms with Gasteiger partial charge < -0.3 is 9.64 Å². The molecule has 1 fully saturated rings. The molecule has 1 aliphatic heterocycles. The minimum absolute atomic E-state index is 0.168. The normalized spacial score (nSPS) is 17.2. The number of carbonyl (C=O) groups is 2. The Hall–Kier alpha value is -2.93. The number of nitrogens with zero attached hydrogens (tertiary/aromatic N) is 2. The number of methoxy groups -OCH3 is 1. The molecule has 8 heteroatoms. The number of halogens is 2. The number of rotatable bonds is 5. The summed E-state index contributed by atoms with van der Waals surface area (Å²) in [4.78, 5) is 28.3. The molecule has 0 unspecified atom stereocenters. The van der Waals surface area contributed by atoms with Gasteiger partial charge >= 0.3 is 5.97 Å². The molecular weight excluding hydrogens is 467 g/mol. The molecule has 0 N–H and O–H groups in total. The number of ether oxygens (including phenoxy) is 1. The van der Waals surface area contributed by atoms with Crippen LogP contribution in [0, 0.1) is 0 Å². The van der Waals surface area contributed by atoms with Crippen LogP contribution >= 0.6 is 35.4 Å². The van der Waals surface area contributed by atoms with Gasteiger partial charge in [0.2, 0.25) is 0 Å². The van der Waals surface area contributed by atoms with Crippen LogP contribution in [0.25, 0.3) is 5.57 Å². The predicted molar refractivity (Wildman–Crippen MR) is 130 cm³/mol. The van der Waals surface area contributed by atoms with Gasteiger partial charge in [-0.15, -0.1) is 0 Å². The summed E-state index contributed by atoms with van der Waals surface area (Å²) < 4.78 is 4.80. The molecule has 5 nitrogen and oxygen atoms in total. The number of esters is 1. The molecule has 2 aromatic rings. The van der Waals surface area contributed by atoms with Crippen molar-refractivity contribution in [2.24, 2.45) is 0 Å². The van der Waals surface area contributed by atoms with Crippen LogP contribution in [0.1, 0.15) is 12.0 Å². The molecule has 162 valence electrons. The first-order chi connectivity index (χ1) is 15.4. The van der Waals surface area contributed by atoms with Crippen molar-refractivity contribution in [1.29, 1.82) is 0 Å². The zero-order chi connectivity index (χ0) is 22.8. The second kappa shape index (κ2) is 9.28. The van der Waals surface area contributed by atoms with Crippen LogP contribution in [0.3, 0.4) is 0 Å². The molecular formula is C24H18Cl2N2O3S. The maximum atomic E-state index is 13.3. The van der Waals surface area contributed by atoms with Crippen LogP contribution in [0.4, 0.5) is 5.69 Å². The summed E-state index contributed by atoms with van der Waals surface area (Å²) in [6.07, 6.45) is 6.33.